The van der Waals surface area contributed by atoms with E-state index in [-0.39, 0.29) is 25.2 Å². The maximum Gasteiger partial charge on any atom is 0.306 e. The van der Waals surface area contributed by atoms with Crippen LogP contribution in [0.4, 0.5) is 0 Å². The fourth-order valence-electron chi connectivity index (χ4n) is 10.0. The molecule has 1 atom stereocenters. The first-order chi connectivity index (χ1) is 34.1. The van der Waals surface area contributed by atoms with E-state index in [1.165, 1.54) is 308 Å². The van der Waals surface area contributed by atoms with Crippen LogP contribution >= 0.6 is 0 Å². The minimum Gasteiger partial charge on any atom is -0.462 e. The van der Waals surface area contributed by atoms with Gasteiger partial charge < -0.3 is 14.6 Å². The molecule has 5 nitrogen and oxygen atoms in total. The molecule has 410 valence electrons. The van der Waals surface area contributed by atoms with Gasteiger partial charge in [-0.1, -0.05) is 328 Å². The van der Waals surface area contributed by atoms with Crippen molar-refractivity contribution < 1.29 is 24.2 Å². The second-order valence-electron chi connectivity index (χ2n) is 21.9. The number of ether oxygens (including phenoxy) is 2. The van der Waals surface area contributed by atoms with E-state index in [9.17, 15) is 14.7 Å². The van der Waals surface area contributed by atoms with Gasteiger partial charge in [-0.25, -0.2) is 0 Å². The summed E-state index contributed by atoms with van der Waals surface area (Å²) in [7, 11) is 0. The molecule has 0 aromatic carbocycles. The zero-order chi connectivity index (χ0) is 49.9. The number of carbonyl (C=O) groups excluding carboxylic acids is 2. The van der Waals surface area contributed by atoms with E-state index in [0.717, 1.165) is 32.1 Å². The molecule has 0 aliphatic heterocycles. The smallest absolute Gasteiger partial charge is 0.306 e. The molecule has 0 amide bonds. The van der Waals surface area contributed by atoms with Crippen LogP contribution in [0, 0.1) is 0 Å². The van der Waals surface area contributed by atoms with Crippen molar-refractivity contribution >= 4 is 11.9 Å². The minimum atomic E-state index is -0.767. The van der Waals surface area contributed by atoms with E-state index >= 15 is 0 Å². The van der Waals surface area contributed by atoms with Gasteiger partial charge in [0.1, 0.15) is 6.61 Å². The monoisotopic (exact) mass is 973 g/mol. The van der Waals surface area contributed by atoms with Gasteiger partial charge in [-0.2, -0.15) is 0 Å². The molecule has 0 spiro atoms. The average molecular weight is 974 g/mol. The number of esters is 2. The summed E-state index contributed by atoms with van der Waals surface area (Å²) < 4.78 is 10.7. The van der Waals surface area contributed by atoms with Crippen molar-refractivity contribution in [2.24, 2.45) is 0 Å². The Bertz CT molecular complexity index is 1010. The van der Waals surface area contributed by atoms with Crippen LogP contribution < -0.4 is 0 Å². The Balaban J connectivity index is 3.38. The summed E-state index contributed by atoms with van der Waals surface area (Å²) in [5.74, 6) is -0.565. The van der Waals surface area contributed by atoms with Crippen molar-refractivity contribution in [2.45, 2.75) is 373 Å². The van der Waals surface area contributed by atoms with Crippen LogP contribution in [0.5, 0.6) is 0 Å². The van der Waals surface area contributed by atoms with E-state index in [1.807, 2.05) is 0 Å². The Labute approximate surface area is 432 Å². The summed E-state index contributed by atoms with van der Waals surface area (Å²) in [6.45, 7) is 4.21. The first-order valence-electron chi connectivity index (χ1n) is 31.7. The summed E-state index contributed by atoms with van der Waals surface area (Å²) in [5.41, 5.74) is 0. The number of hydrogen-bond donors (Lipinski definition) is 1. The third-order valence-corrected chi connectivity index (χ3v) is 14.8. The molecule has 0 saturated heterocycles. The summed E-state index contributed by atoms with van der Waals surface area (Å²) >= 11 is 0. The van der Waals surface area contributed by atoms with Crippen LogP contribution in [-0.4, -0.2) is 36.4 Å². The molecule has 0 aromatic heterocycles. The van der Waals surface area contributed by atoms with Crippen molar-refractivity contribution in [2.75, 3.05) is 13.2 Å². The zero-order valence-electron chi connectivity index (χ0n) is 47.1. The summed E-state index contributed by atoms with van der Waals surface area (Å²) in [6, 6.07) is 0. The number of unbranched alkanes of at least 4 members (excludes halogenated alkanes) is 50. The van der Waals surface area contributed by atoms with Gasteiger partial charge in [0.05, 0.1) is 6.61 Å². The first-order valence-corrected chi connectivity index (χ1v) is 31.7. The van der Waals surface area contributed by atoms with Crippen molar-refractivity contribution in [3.8, 4) is 0 Å². The molecular formula is C64H124O5. The fourth-order valence-corrected chi connectivity index (χ4v) is 10.0. The molecule has 1 unspecified atom stereocenters. The highest BCUT2D eigenvalue weighted by Crippen LogP contribution is 2.19. The molecule has 69 heavy (non-hydrogen) atoms. The number of carbonyl (C=O) groups is 2. The van der Waals surface area contributed by atoms with Gasteiger partial charge >= 0.3 is 11.9 Å². The van der Waals surface area contributed by atoms with Crippen molar-refractivity contribution in [3.63, 3.8) is 0 Å². The Morgan fingerprint density at radius 2 is 0.536 bits per heavy atom. The minimum absolute atomic E-state index is 0.0578. The average Bonchev–Trinajstić information content (AvgIpc) is 3.35. The number of hydrogen-bond acceptors (Lipinski definition) is 5. The number of allylic oxidation sites excluding steroid dienone is 2. The van der Waals surface area contributed by atoms with Crippen LogP contribution in [0.2, 0.25) is 0 Å². The molecule has 0 fully saturated rings. The quantitative estimate of drug-likeness (QED) is 0.0373. The maximum atomic E-state index is 12.3. The lowest BCUT2D eigenvalue weighted by Crippen LogP contribution is -2.28. The number of rotatable bonds is 60. The normalized spacial score (nSPS) is 12.1. The maximum absolute atomic E-state index is 12.3. The molecule has 1 N–H and O–H groups in total. The molecular weight excluding hydrogens is 849 g/mol. The Kier molecular flexibility index (Phi) is 59.7. The van der Waals surface area contributed by atoms with Gasteiger partial charge in [-0.05, 0) is 38.5 Å². The molecule has 0 aliphatic carbocycles. The summed E-state index contributed by atoms with van der Waals surface area (Å²) in [4.78, 5) is 24.6. The van der Waals surface area contributed by atoms with Gasteiger partial charge in [0.25, 0.3) is 0 Å². The second-order valence-corrected chi connectivity index (χ2v) is 21.9. The van der Waals surface area contributed by atoms with Crippen LogP contribution in [0.1, 0.15) is 367 Å². The van der Waals surface area contributed by atoms with Crippen molar-refractivity contribution in [3.05, 3.63) is 12.2 Å². The third kappa shape index (κ3) is 59.1. The van der Waals surface area contributed by atoms with Crippen molar-refractivity contribution in [1.82, 2.24) is 0 Å². The third-order valence-electron chi connectivity index (χ3n) is 14.8. The molecule has 0 aromatic rings. The highest BCUT2D eigenvalue weighted by atomic mass is 16.6. The highest BCUT2D eigenvalue weighted by Gasteiger charge is 2.16. The van der Waals surface area contributed by atoms with Gasteiger partial charge in [0.2, 0.25) is 0 Å². The number of aliphatic hydroxyl groups is 1. The zero-order valence-corrected chi connectivity index (χ0v) is 47.1. The molecule has 0 saturated carbocycles. The molecule has 0 radical (unpaired) electrons. The Hall–Kier alpha value is -1.36. The predicted octanol–water partition coefficient (Wildman–Crippen LogP) is 21.5. The summed E-state index contributed by atoms with van der Waals surface area (Å²) in [6.07, 6.45) is 76.5. The molecule has 0 aliphatic rings. The van der Waals surface area contributed by atoms with Gasteiger partial charge in [-0.3, -0.25) is 9.59 Å². The second kappa shape index (κ2) is 60.9. The lowest BCUT2D eigenvalue weighted by molar-refractivity contribution is -0.161. The Morgan fingerprint density at radius 3 is 0.783 bits per heavy atom. The van der Waals surface area contributed by atoms with Gasteiger partial charge in [0.15, 0.2) is 6.10 Å². The Morgan fingerprint density at radius 1 is 0.319 bits per heavy atom. The SMILES string of the molecule is CCCCCCCCCC/C=C\CCCCCCCCCCCCCCCC(=O)OC(CO)COC(=O)CCCCCCCCCCCCCCCCCCCCCCCCCCCCCCCC. The van der Waals surface area contributed by atoms with Crippen LogP contribution in [0.25, 0.3) is 0 Å². The lowest BCUT2D eigenvalue weighted by Gasteiger charge is -2.15. The van der Waals surface area contributed by atoms with E-state index in [2.05, 4.69) is 26.0 Å². The van der Waals surface area contributed by atoms with E-state index in [0.29, 0.717) is 12.8 Å². The van der Waals surface area contributed by atoms with E-state index < -0.39 is 6.10 Å². The highest BCUT2D eigenvalue weighted by molar-refractivity contribution is 5.70. The van der Waals surface area contributed by atoms with Crippen LogP contribution in [0.3, 0.4) is 0 Å². The molecule has 0 bridgehead atoms. The van der Waals surface area contributed by atoms with Crippen LogP contribution in [0.15, 0.2) is 12.2 Å². The van der Waals surface area contributed by atoms with Crippen LogP contribution in [-0.2, 0) is 19.1 Å². The first kappa shape index (κ1) is 67.6. The van der Waals surface area contributed by atoms with Crippen molar-refractivity contribution in [1.29, 1.82) is 0 Å². The lowest BCUT2D eigenvalue weighted by atomic mass is 10.0. The predicted molar refractivity (Wildman–Crippen MR) is 302 cm³/mol. The topological polar surface area (TPSA) is 72.8 Å². The van der Waals surface area contributed by atoms with Gasteiger partial charge in [0, 0.05) is 12.8 Å². The standard InChI is InChI=1S/C64H124O5/c1-3-5-7-9-11-13-15-17-19-21-23-25-27-29-30-31-32-33-35-36-38-40-42-44-46-48-50-52-54-56-58-63(66)68-61-62(60-65)69-64(67)59-57-55-53-51-49-47-45-43-41-39-37-34-28-26-24-22-20-18-16-14-12-10-8-6-4-2/h22,24,62,65H,3-21,23,25-61H2,1-2H3/b24-22-. The van der Waals surface area contributed by atoms with Gasteiger partial charge in [-0.15, -0.1) is 0 Å². The largest absolute Gasteiger partial charge is 0.462 e. The number of aliphatic hydroxyl groups excluding tert-OH is 1. The molecule has 0 rings (SSSR count). The molecule has 0 heterocycles. The van der Waals surface area contributed by atoms with E-state index in [1.54, 1.807) is 0 Å². The fraction of sp³-hybridized carbons (Fsp3) is 0.938. The van der Waals surface area contributed by atoms with E-state index in [4.69, 9.17) is 9.47 Å². The summed E-state index contributed by atoms with van der Waals surface area (Å²) in [5, 5.41) is 9.68. The molecule has 5 heteroatoms.